The van der Waals surface area contributed by atoms with Gasteiger partial charge in [-0.2, -0.15) is 0 Å². The monoisotopic (exact) mass is 414 g/mol. The molecule has 2 heterocycles. The summed E-state index contributed by atoms with van der Waals surface area (Å²) in [6, 6.07) is 11.2. The molecule has 8 heteroatoms. The Morgan fingerprint density at radius 2 is 1.86 bits per heavy atom. The Hall–Kier alpha value is -2.87. The second-order valence-corrected chi connectivity index (χ2v) is 7.75. The van der Waals surface area contributed by atoms with E-state index in [2.05, 4.69) is 5.16 Å². The van der Waals surface area contributed by atoms with Crippen molar-refractivity contribution >= 4 is 28.6 Å². The van der Waals surface area contributed by atoms with Crippen molar-refractivity contribution < 1.29 is 23.5 Å². The van der Waals surface area contributed by atoms with Crippen molar-refractivity contribution in [1.29, 1.82) is 0 Å². The largest absolute Gasteiger partial charge is 0.496 e. The maximum atomic E-state index is 13.2. The molecule has 0 radical (unpaired) electrons. The third-order valence-corrected chi connectivity index (χ3v) is 6.23. The molecule has 1 atom stereocenters. The highest BCUT2D eigenvalue weighted by Crippen LogP contribution is 2.46. The van der Waals surface area contributed by atoms with Gasteiger partial charge >= 0.3 is 0 Å². The van der Waals surface area contributed by atoms with Crippen molar-refractivity contribution in [2.45, 2.75) is 11.8 Å². The van der Waals surface area contributed by atoms with Gasteiger partial charge in [-0.15, -0.1) is 11.8 Å². The fourth-order valence-corrected chi connectivity index (χ4v) is 4.83. The van der Waals surface area contributed by atoms with Gasteiger partial charge in [0.1, 0.15) is 16.8 Å². The van der Waals surface area contributed by atoms with E-state index in [0.29, 0.717) is 35.1 Å². The maximum Gasteiger partial charge on any atom is 0.229 e. The number of rotatable bonds is 6. The first-order valence-corrected chi connectivity index (χ1v) is 10.3. The summed E-state index contributed by atoms with van der Waals surface area (Å²) >= 11 is 1.70. The lowest BCUT2D eigenvalue weighted by Crippen LogP contribution is -2.32. The Bertz CT molecular complexity index is 1040. The van der Waals surface area contributed by atoms with Crippen molar-refractivity contribution in [3.8, 4) is 17.2 Å². The van der Waals surface area contributed by atoms with E-state index in [-0.39, 0.29) is 17.7 Å². The summed E-state index contributed by atoms with van der Waals surface area (Å²) in [7, 11) is 4.78. The van der Waals surface area contributed by atoms with Crippen molar-refractivity contribution in [3.05, 3.63) is 47.7 Å². The number of fused-ring (bicyclic) bond motifs is 1. The van der Waals surface area contributed by atoms with Gasteiger partial charge in [-0.1, -0.05) is 17.3 Å². The number of para-hydroxylation sites is 1. The molecule has 1 aliphatic heterocycles. The van der Waals surface area contributed by atoms with Gasteiger partial charge in [-0.3, -0.25) is 4.79 Å². The summed E-state index contributed by atoms with van der Waals surface area (Å²) in [6.45, 7) is 0.654. The normalized spacial score (nSPS) is 16.2. The van der Waals surface area contributed by atoms with E-state index in [1.54, 1.807) is 39.2 Å². The molecule has 1 unspecified atom stereocenters. The fraction of sp³-hybridized carbons (Fsp3) is 0.333. The standard InChI is InChI=1S/C21H22N2O5S/c1-25-17-12-19(27-3)18(26-2)10-14(17)21-23(8-9-29-21)20(24)11-15-13-6-4-5-7-16(13)28-22-15/h4-7,10,12,21H,8-9,11H2,1-3H3. The summed E-state index contributed by atoms with van der Waals surface area (Å²) in [5, 5.41) is 4.80. The van der Waals surface area contributed by atoms with Gasteiger partial charge in [0, 0.05) is 29.3 Å². The molecule has 152 valence electrons. The molecular weight excluding hydrogens is 392 g/mol. The molecule has 3 aromatic rings. The first-order chi connectivity index (χ1) is 14.2. The smallest absolute Gasteiger partial charge is 0.229 e. The zero-order valence-electron chi connectivity index (χ0n) is 16.5. The van der Waals surface area contributed by atoms with Gasteiger partial charge in [-0.05, 0) is 18.2 Å². The van der Waals surface area contributed by atoms with Crippen molar-refractivity contribution in [3.63, 3.8) is 0 Å². The molecule has 0 bridgehead atoms. The molecule has 0 N–H and O–H groups in total. The average Bonchev–Trinajstić information content (AvgIpc) is 3.40. The van der Waals surface area contributed by atoms with Gasteiger partial charge in [-0.25, -0.2) is 0 Å². The number of carbonyl (C=O) groups is 1. The van der Waals surface area contributed by atoms with Crippen LogP contribution < -0.4 is 14.2 Å². The number of nitrogens with zero attached hydrogens (tertiary/aromatic N) is 2. The minimum absolute atomic E-state index is 0.00380. The molecule has 1 aliphatic rings. The predicted molar refractivity (Wildman–Crippen MR) is 111 cm³/mol. The Morgan fingerprint density at radius 3 is 2.62 bits per heavy atom. The lowest BCUT2D eigenvalue weighted by molar-refractivity contribution is -0.130. The number of methoxy groups -OCH3 is 3. The van der Waals surface area contributed by atoms with E-state index in [1.165, 1.54) is 0 Å². The second-order valence-electron chi connectivity index (χ2n) is 6.56. The molecule has 7 nitrogen and oxygen atoms in total. The summed E-state index contributed by atoms with van der Waals surface area (Å²) in [5.41, 5.74) is 2.22. The zero-order chi connectivity index (χ0) is 20.4. The number of amides is 1. The molecule has 1 saturated heterocycles. The summed E-state index contributed by atoms with van der Waals surface area (Å²) in [6.07, 6.45) is 0.184. The Labute approximate surface area is 172 Å². The molecule has 0 spiro atoms. The molecule has 2 aromatic carbocycles. The van der Waals surface area contributed by atoms with Gasteiger partial charge in [0.15, 0.2) is 17.1 Å². The molecule has 1 amide bonds. The van der Waals surface area contributed by atoms with Gasteiger partial charge in [0.25, 0.3) is 0 Å². The van der Waals surface area contributed by atoms with Gasteiger partial charge in [0.05, 0.1) is 27.8 Å². The van der Waals surface area contributed by atoms with Crippen LogP contribution in [0.15, 0.2) is 40.9 Å². The second kappa shape index (κ2) is 8.24. The number of thioether (sulfide) groups is 1. The van der Waals surface area contributed by atoms with Gasteiger partial charge < -0.3 is 23.6 Å². The number of benzene rings is 2. The Morgan fingerprint density at radius 1 is 1.14 bits per heavy atom. The number of aromatic nitrogens is 1. The van der Waals surface area contributed by atoms with E-state index in [0.717, 1.165) is 16.7 Å². The van der Waals surface area contributed by atoms with Crippen LogP contribution in [0.3, 0.4) is 0 Å². The van der Waals surface area contributed by atoms with Crippen molar-refractivity contribution in [2.24, 2.45) is 0 Å². The number of ether oxygens (including phenoxy) is 3. The predicted octanol–water partition coefficient (Wildman–Crippen LogP) is 3.67. The SMILES string of the molecule is COc1cc(OC)c(C2SCCN2C(=O)Cc2noc3ccccc23)cc1OC. The lowest BCUT2D eigenvalue weighted by Gasteiger charge is -2.26. The summed E-state index contributed by atoms with van der Waals surface area (Å²) in [5.74, 6) is 2.68. The minimum atomic E-state index is -0.171. The summed E-state index contributed by atoms with van der Waals surface area (Å²) < 4.78 is 21.7. The topological polar surface area (TPSA) is 74.0 Å². The van der Waals surface area contributed by atoms with Crippen LogP contribution in [0.4, 0.5) is 0 Å². The average molecular weight is 414 g/mol. The van der Waals surface area contributed by atoms with Crippen molar-refractivity contribution in [2.75, 3.05) is 33.6 Å². The highest BCUT2D eigenvalue weighted by atomic mass is 32.2. The van der Waals surface area contributed by atoms with E-state index in [9.17, 15) is 4.79 Å². The van der Waals surface area contributed by atoms with Crippen LogP contribution in [0.2, 0.25) is 0 Å². The first kappa shape index (κ1) is 19.4. The Balaban J connectivity index is 1.63. The summed E-state index contributed by atoms with van der Waals surface area (Å²) in [4.78, 5) is 15.0. The number of hydrogen-bond acceptors (Lipinski definition) is 7. The third kappa shape index (κ3) is 3.60. The van der Waals surface area contributed by atoms with Gasteiger partial charge in [0.2, 0.25) is 5.91 Å². The highest BCUT2D eigenvalue weighted by molar-refractivity contribution is 7.99. The van der Waals surface area contributed by atoms with Crippen LogP contribution >= 0.6 is 11.8 Å². The quantitative estimate of drug-likeness (QED) is 0.609. The van der Waals surface area contributed by atoms with E-state index < -0.39 is 0 Å². The Kier molecular flexibility index (Phi) is 5.53. The highest BCUT2D eigenvalue weighted by Gasteiger charge is 2.34. The zero-order valence-corrected chi connectivity index (χ0v) is 17.3. The van der Waals surface area contributed by atoms with E-state index >= 15 is 0 Å². The maximum absolute atomic E-state index is 13.2. The molecule has 29 heavy (non-hydrogen) atoms. The molecule has 1 fully saturated rings. The van der Waals surface area contributed by atoms with Crippen LogP contribution in [-0.2, 0) is 11.2 Å². The number of carbonyl (C=O) groups excluding carboxylic acids is 1. The van der Waals surface area contributed by atoms with E-state index in [1.807, 2.05) is 35.2 Å². The fourth-order valence-electron chi connectivity index (χ4n) is 3.54. The van der Waals surface area contributed by atoms with Crippen LogP contribution in [0.5, 0.6) is 17.2 Å². The van der Waals surface area contributed by atoms with Crippen molar-refractivity contribution in [1.82, 2.24) is 10.1 Å². The van der Waals surface area contributed by atoms with Crippen LogP contribution in [0, 0.1) is 0 Å². The van der Waals surface area contributed by atoms with Crippen LogP contribution in [0.25, 0.3) is 11.0 Å². The molecular formula is C21H22N2O5S. The van der Waals surface area contributed by atoms with Crippen LogP contribution in [-0.4, -0.2) is 49.6 Å². The lowest BCUT2D eigenvalue weighted by atomic mass is 10.1. The molecule has 0 aliphatic carbocycles. The number of hydrogen-bond donors (Lipinski definition) is 0. The minimum Gasteiger partial charge on any atom is -0.496 e. The molecule has 1 aromatic heterocycles. The first-order valence-electron chi connectivity index (χ1n) is 9.20. The van der Waals surface area contributed by atoms with E-state index in [4.69, 9.17) is 18.7 Å². The third-order valence-electron chi connectivity index (χ3n) is 4.98. The van der Waals surface area contributed by atoms with Crippen LogP contribution in [0.1, 0.15) is 16.6 Å². The molecule has 4 rings (SSSR count). The molecule has 0 saturated carbocycles.